The highest BCUT2D eigenvalue weighted by Gasteiger charge is 2.31. The van der Waals surface area contributed by atoms with E-state index in [1.165, 1.54) is 0 Å². The minimum absolute atomic E-state index is 0.00905. The van der Waals surface area contributed by atoms with Gasteiger partial charge in [0, 0.05) is 18.3 Å². The summed E-state index contributed by atoms with van der Waals surface area (Å²) < 4.78 is 46.2. The predicted molar refractivity (Wildman–Crippen MR) is 106 cm³/mol. The zero-order valence-corrected chi connectivity index (χ0v) is 17.7. The van der Waals surface area contributed by atoms with E-state index in [1.807, 2.05) is 0 Å². The van der Waals surface area contributed by atoms with E-state index in [-0.39, 0.29) is 17.8 Å². The van der Waals surface area contributed by atoms with Crippen LogP contribution in [0.1, 0.15) is 43.3 Å². The topological polar surface area (TPSA) is 85.3 Å². The lowest BCUT2D eigenvalue weighted by molar-refractivity contribution is -0.137. The van der Waals surface area contributed by atoms with Gasteiger partial charge in [0.25, 0.3) is 0 Å². The molecule has 30 heavy (non-hydrogen) atoms. The molecule has 2 N–H and O–H groups in total. The third kappa shape index (κ3) is 5.98. The summed E-state index contributed by atoms with van der Waals surface area (Å²) in [4.78, 5) is 24.6. The summed E-state index contributed by atoms with van der Waals surface area (Å²) >= 11 is 0. The fraction of sp³-hybridized carbons (Fsp3) is 0.450. The third-order valence-corrected chi connectivity index (χ3v) is 4.25. The molecule has 2 rings (SSSR count). The number of alkyl halides is 3. The zero-order valence-electron chi connectivity index (χ0n) is 17.7. The SMILES string of the molecule is Cc1nn(C)c(C)c1CC(=O)Nc1cc(C(F)(F)F)ccc1NC(=O)OC(C)(C)C. The van der Waals surface area contributed by atoms with E-state index in [0.717, 1.165) is 23.9 Å². The second kappa shape index (κ2) is 8.37. The molecule has 0 saturated carbocycles. The molecule has 0 aliphatic rings. The second-order valence-corrected chi connectivity index (χ2v) is 7.88. The highest BCUT2D eigenvalue weighted by molar-refractivity contribution is 5.99. The molecule has 0 fully saturated rings. The molecule has 2 aromatic rings. The highest BCUT2D eigenvalue weighted by atomic mass is 19.4. The highest BCUT2D eigenvalue weighted by Crippen LogP contribution is 2.34. The van der Waals surface area contributed by atoms with Gasteiger partial charge in [-0.05, 0) is 52.8 Å². The molecular weight excluding hydrogens is 401 g/mol. The van der Waals surface area contributed by atoms with Crippen molar-refractivity contribution >= 4 is 23.4 Å². The standard InChI is InChI=1S/C20H25F3N4O3/c1-11-14(12(2)27(6)26-11)10-17(28)24-16-9-13(20(21,22)23)7-8-15(16)25-18(29)30-19(3,4)5/h7-9H,10H2,1-6H3,(H,24,28)(H,25,29). The van der Waals surface area contributed by atoms with E-state index in [0.29, 0.717) is 11.3 Å². The van der Waals surface area contributed by atoms with Gasteiger partial charge in [0.15, 0.2) is 0 Å². The maximum atomic E-state index is 13.1. The quantitative estimate of drug-likeness (QED) is 0.749. The number of rotatable bonds is 4. The summed E-state index contributed by atoms with van der Waals surface area (Å²) in [6.07, 6.45) is -5.54. The molecule has 10 heteroatoms. The van der Waals surface area contributed by atoms with Gasteiger partial charge in [-0.15, -0.1) is 0 Å². The van der Waals surface area contributed by atoms with E-state index in [2.05, 4.69) is 15.7 Å². The monoisotopic (exact) mass is 426 g/mol. The van der Waals surface area contributed by atoms with Gasteiger partial charge in [0.2, 0.25) is 5.91 Å². The third-order valence-electron chi connectivity index (χ3n) is 4.25. The van der Waals surface area contributed by atoms with Crippen LogP contribution in [0.3, 0.4) is 0 Å². The molecule has 164 valence electrons. The van der Waals surface area contributed by atoms with Crippen LogP contribution in [-0.4, -0.2) is 27.4 Å². The molecule has 0 unspecified atom stereocenters. The van der Waals surface area contributed by atoms with Crippen LogP contribution in [0.5, 0.6) is 0 Å². The molecule has 0 radical (unpaired) electrons. The van der Waals surface area contributed by atoms with Crippen LogP contribution in [0.4, 0.5) is 29.3 Å². The lowest BCUT2D eigenvalue weighted by Crippen LogP contribution is -2.28. The number of nitrogens with zero attached hydrogens (tertiary/aromatic N) is 2. The van der Waals surface area contributed by atoms with Crippen LogP contribution < -0.4 is 10.6 Å². The number of aryl methyl sites for hydroxylation is 2. The number of halogens is 3. The first-order chi connectivity index (χ1) is 13.7. The smallest absolute Gasteiger partial charge is 0.416 e. The number of ether oxygens (including phenoxy) is 1. The van der Waals surface area contributed by atoms with Crippen LogP contribution in [0.15, 0.2) is 18.2 Å². The van der Waals surface area contributed by atoms with Crippen molar-refractivity contribution in [1.29, 1.82) is 0 Å². The Hall–Kier alpha value is -3.04. The predicted octanol–water partition coefficient (Wildman–Crippen LogP) is 4.58. The number of hydrogen-bond donors (Lipinski definition) is 2. The number of hydrogen-bond acceptors (Lipinski definition) is 4. The number of nitrogens with one attached hydrogen (secondary N) is 2. The van der Waals surface area contributed by atoms with E-state index >= 15 is 0 Å². The summed E-state index contributed by atoms with van der Waals surface area (Å²) in [6, 6.07) is 2.66. The first kappa shape index (κ1) is 23.2. The Labute approximate surface area is 172 Å². The fourth-order valence-corrected chi connectivity index (χ4v) is 2.77. The van der Waals surface area contributed by atoms with E-state index in [1.54, 1.807) is 46.3 Å². The summed E-state index contributed by atoms with van der Waals surface area (Å²) in [6.45, 7) is 8.50. The molecule has 1 aromatic carbocycles. The lowest BCUT2D eigenvalue weighted by Gasteiger charge is -2.21. The van der Waals surface area contributed by atoms with Gasteiger partial charge in [-0.1, -0.05) is 0 Å². The number of carbonyl (C=O) groups excluding carboxylic acids is 2. The van der Waals surface area contributed by atoms with Crippen molar-refractivity contribution in [2.75, 3.05) is 10.6 Å². The van der Waals surface area contributed by atoms with Crippen LogP contribution in [0, 0.1) is 13.8 Å². The Kier molecular flexibility index (Phi) is 6.48. The Morgan fingerprint density at radius 3 is 2.23 bits per heavy atom. The van der Waals surface area contributed by atoms with Crippen molar-refractivity contribution in [3.05, 3.63) is 40.7 Å². The molecule has 0 bridgehead atoms. The molecule has 1 heterocycles. The van der Waals surface area contributed by atoms with Gasteiger partial charge in [-0.3, -0.25) is 14.8 Å². The largest absolute Gasteiger partial charge is 0.444 e. The molecule has 0 atom stereocenters. The summed E-state index contributed by atoms with van der Waals surface area (Å²) in [5.74, 6) is -0.541. The lowest BCUT2D eigenvalue weighted by atomic mass is 10.1. The molecule has 2 amide bonds. The van der Waals surface area contributed by atoms with Crippen molar-refractivity contribution in [3.63, 3.8) is 0 Å². The van der Waals surface area contributed by atoms with Crippen molar-refractivity contribution in [1.82, 2.24) is 9.78 Å². The summed E-state index contributed by atoms with van der Waals surface area (Å²) in [7, 11) is 1.74. The van der Waals surface area contributed by atoms with Crippen LogP contribution in [0.25, 0.3) is 0 Å². The first-order valence-electron chi connectivity index (χ1n) is 9.17. The molecule has 0 aliphatic heterocycles. The average Bonchev–Trinajstić information content (AvgIpc) is 2.80. The normalized spacial score (nSPS) is 11.9. The number of benzene rings is 1. The van der Waals surface area contributed by atoms with Gasteiger partial charge >= 0.3 is 12.3 Å². The number of carbonyl (C=O) groups is 2. The van der Waals surface area contributed by atoms with Crippen molar-refractivity contribution in [2.24, 2.45) is 7.05 Å². The Balaban J connectivity index is 2.30. The molecule has 7 nitrogen and oxygen atoms in total. The number of aromatic nitrogens is 2. The Morgan fingerprint density at radius 1 is 1.10 bits per heavy atom. The van der Waals surface area contributed by atoms with Gasteiger partial charge < -0.3 is 10.1 Å². The number of anilines is 2. The molecular formula is C20H25F3N4O3. The fourth-order valence-electron chi connectivity index (χ4n) is 2.77. The minimum atomic E-state index is -4.61. The summed E-state index contributed by atoms with van der Waals surface area (Å²) in [5.41, 5.74) is 0.171. The Morgan fingerprint density at radius 2 is 1.73 bits per heavy atom. The molecule has 1 aromatic heterocycles. The van der Waals surface area contributed by atoms with Crippen LogP contribution in [0.2, 0.25) is 0 Å². The van der Waals surface area contributed by atoms with Crippen LogP contribution in [-0.2, 0) is 29.2 Å². The summed E-state index contributed by atoms with van der Waals surface area (Å²) in [5, 5.41) is 9.06. The Bertz CT molecular complexity index is 959. The van der Waals surface area contributed by atoms with Gasteiger partial charge in [-0.25, -0.2) is 4.79 Å². The molecule has 0 aliphatic carbocycles. The van der Waals surface area contributed by atoms with Crippen molar-refractivity contribution < 1.29 is 27.5 Å². The minimum Gasteiger partial charge on any atom is -0.444 e. The zero-order chi connectivity index (χ0) is 22.9. The molecule has 0 spiro atoms. The maximum Gasteiger partial charge on any atom is 0.416 e. The van der Waals surface area contributed by atoms with E-state index in [4.69, 9.17) is 4.74 Å². The van der Waals surface area contributed by atoms with Gasteiger partial charge in [-0.2, -0.15) is 18.3 Å². The first-order valence-corrected chi connectivity index (χ1v) is 9.17. The maximum absolute atomic E-state index is 13.1. The van der Waals surface area contributed by atoms with Crippen molar-refractivity contribution in [3.8, 4) is 0 Å². The molecule has 0 saturated heterocycles. The number of amides is 2. The van der Waals surface area contributed by atoms with Gasteiger partial charge in [0.1, 0.15) is 5.60 Å². The van der Waals surface area contributed by atoms with Crippen molar-refractivity contribution in [2.45, 2.75) is 52.8 Å². The van der Waals surface area contributed by atoms with E-state index in [9.17, 15) is 22.8 Å². The second-order valence-electron chi connectivity index (χ2n) is 7.88. The van der Waals surface area contributed by atoms with Crippen LogP contribution >= 0.6 is 0 Å². The van der Waals surface area contributed by atoms with E-state index < -0.39 is 29.3 Å². The average molecular weight is 426 g/mol. The van der Waals surface area contributed by atoms with Gasteiger partial charge in [0.05, 0.1) is 29.1 Å².